The largest absolute Gasteiger partial charge is 0.356 e. The number of rotatable bonds is 13. The van der Waals surface area contributed by atoms with Gasteiger partial charge in [-0.15, -0.1) is 0 Å². The summed E-state index contributed by atoms with van der Waals surface area (Å²) in [4.78, 5) is 11.5. The molecule has 0 heterocycles. The molecule has 114 valence electrons. The predicted molar refractivity (Wildman–Crippen MR) is 84.3 cm³/mol. The second kappa shape index (κ2) is 13.9. The van der Waals surface area contributed by atoms with Crippen molar-refractivity contribution in [1.29, 1.82) is 0 Å². The Hall–Kier alpha value is -0.530. The lowest BCUT2D eigenvalue weighted by molar-refractivity contribution is -0.121. The lowest BCUT2D eigenvalue weighted by atomic mass is 10.1. The molecular weight excluding hydrogens is 234 g/mol. The number of unbranched alkanes of at least 4 members (excludes halogenated alkanes) is 8. The average Bonchev–Trinajstić information content (AvgIpc) is 2.36. The van der Waals surface area contributed by atoms with Gasteiger partial charge in [0.25, 0.3) is 0 Å². The van der Waals surface area contributed by atoms with Crippen molar-refractivity contribution in [3.8, 4) is 0 Å². The summed E-state index contributed by atoms with van der Waals surface area (Å²) in [6, 6.07) is 0. The molecule has 0 aliphatic rings. The summed E-state index contributed by atoms with van der Waals surface area (Å²) in [5.74, 6) is 0.914. The Labute approximate surface area is 120 Å². The van der Waals surface area contributed by atoms with E-state index >= 15 is 0 Å². The minimum Gasteiger partial charge on any atom is -0.356 e. The molecule has 0 aliphatic heterocycles. The van der Waals surface area contributed by atoms with Crippen LogP contribution in [-0.2, 0) is 4.79 Å². The van der Waals surface area contributed by atoms with Gasteiger partial charge in [-0.05, 0) is 18.8 Å². The van der Waals surface area contributed by atoms with E-state index in [0.29, 0.717) is 12.3 Å². The molecule has 0 aromatic rings. The highest BCUT2D eigenvalue weighted by molar-refractivity contribution is 5.75. The highest BCUT2D eigenvalue weighted by atomic mass is 16.1. The van der Waals surface area contributed by atoms with Crippen molar-refractivity contribution >= 4 is 5.91 Å². The number of hydrogen-bond acceptors (Lipinski definition) is 1. The molecule has 2 nitrogen and oxygen atoms in total. The van der Waals surface area contributed by atoms with Crippen LogP contribution >= 0.6 is 0 Å². The first-order valence-electron chi connectivity index (χ1n) is 8.43. The molecule has 1 N–H and O–H groups in total. The quantitative estimate of drug-likeness (QED) is 0.465. The highest BCUT2D eigenvalue weighted by Gasteiger charge is 2.01. The van der Waals surface area contributed by atoms with Crippen molar-refractivity contribution in [2.45, 2.75) is 91.4 Å². The summed E-state index contributed by atoms with van der Waals surface area (Å²) in [7, 11) is 0. The average molecular weight is 269 g/mol. The molecule has 0 unspecified atom stereocenters. The normalized spacial score (nSPS) is 10.9. The van der Waals surface area contributed by atoms with Crippen LogP contribution in [-0.4, -0.2) is 12.5 Å². The first-order chi connectivity index (χ1) is 9.16. The first kappa shape index (κ1) is 18.5. The van der Waals surface area contributed by atoms with E-state index in [1.807, 2.05) is 0 Å². The zero-order chi connectivity index (χ0) is 14.3. The number of carbonyl (C=O) groups excluding carboxylic acids is 1. The molecule has 2 heteroatoms. The van der Waals surface area contributed by atoms with Crippen molar-refractivity contribution in [3.63, 3.8) is 0 Å². The van der Waals surface area contributed by atoms with Gasteiger partial charge in [-0.3, -0.25) is 4.79 Å². The van der Waals surface area contributed by atoms with Gasteiger partial charge in [-0.1, -0.05) is 72.1 Å². The molecule has 0 atom stereocenters. The summed E-state index contributed by atoms with van der Waals surface area (Å²) in [5, 5.41) is 3.00. The molecular formula is C17H35NO. The third-order valence-electron chi connectivity index (χ3n) is 3.55. The smallest absolute Gasteiger partial charge is 0.219 e. The van der Waals surface area contributed by atoms with Crippen molar-refractivity contribution in [3.05, 3.63) is 0 Å². The van der Waals surface area contributed by atoms with Crippen LogP contribution in [0.25, 0.3) is 0 Å². The molecule has 1 amide bonds. The number of nitrogens with one attached hydrogen (secondary N) is 1. The van der Waals surface area contributed by atoms with E-state index in [9.17, 15) is 4.79 Å². The minimum atomic E-state index is 0.239. The van der Waals surface area contributed by atoms with E-state index in [0.717, 1.165) is 19.4 Å². The maximum absolute atomic E-state index is 11.5. The van der Waals surface area contributed by atoms with Crippen LogP contribution in [0, 0.1) is 5.92 Å². The Bertz CT molecular complexity index is 201. The van der Waals surface area contributed by atoms with Gasteiger partial charge in [-0.25, -0.2) is 0 Å². The van der Waals surface area contributed by atoms with E-state index < -0.39 is 0 Å². The molecule has 0 fully saturated rings. The molecule has 0 radical (unpaired) electrons. The Morgan fingerprint density at radius 3 is 1.95 bits per heavy atom. The molecule has 0 spiro atoms. The van der Waals surface area contributed by atoms with E-state index in [1.54, 1.807) is 0 Å². The molecule has 19 heavy (non-hydrogen) atoms. The van der Waals surface area contributed by atoms with Crippen LogP contribution in [0.2, 0.25) is 0 Å². The maximum atomic E-state index is 11.5. The molecule has 0 bridgehead atoms. The Morgan fingerprint density at radius 1 is 0.895 bits per heavy atom. The number of amides is 1. The van der Waals surface area contributed by atoms with Crippen LogP contribution in [0.4, 0.5) is 0 Å². The zero-order valence-electron chi connectivity index (χ0n) is 13.5. The molecule has 0 saturated heterocycles. The third kappa shape index (κ3) is 15.4. The van der Waals surface area contributed by atoms with Gasteiger partial charge < -0.3 is 5.32 Å². The molecule has 0 aliphatic carbocycles. The van der Waals surface area contributed by atoms with Gasteiger partial charge in [0.1, 0.15) is 0 Å². The Kier molecular flexibility index (Phi) is 13.5. The number of carbonyl (C=O) groups is 1. The van der Waals surface area contributed by atoms with E-state index in [-0.39, 0.29) is 5.91 Å². The van der Waals surface area contributed by atoms with Gasteiger partial charge in [-0.2, -0.15) is 0 Å². The monoisotopic (exact) mass is 269 g/mol. The summed E-state index contributed by atoms with van der Waals surface area (Å²) >= 11 is 0. The SMILES string of the molecule is CCCCCCCCCCCC(=O)NCCC(C)C. The molecule has 0 aromatic carbocycles. The Balaban J connectivity index is 3.14. The van der Waals surface area contributed by atoms with Gasteiger partial charge >= 0.3 is 0 Å². The van der Waals surface area contributed by atoms with E-state index in [2.05, 4.69) is 26.1 Å². The van der Waals surface area contributed by atoms with Gasteiger partial charge in [0.2, 0.25) is 5.91 Å². The van der Waals surface area contributed by atoms with Crippen LogP contribution in [0.1, 0.15) is 91.4 Å². The lowest BCUT2D eigenvalue weighted by Gasteiger charge is -2.07. The highest BCUT2D eigenvalue weighted by Crippen LogP contribution is 2.10. The van der Waals surface area contributed by atoms with Gasteiger partial charge in [0.05, 0.1) is 0 Å². The third-order valence-corrected chi connectivity index (χ3v) is 3.55. The fraction of sp³-hybridized carbons (Fsp3) is 0.941. The first-order valence-corrected chi connectivity index (χ1v) is 8.43. The lowest BCUT2D eigenvalue weighted by Crippen LogP contribution is -2.24. The van der Waals surface area contributed by atoms with Crippen molar-refractivity contribution in [2.75, 3.05) is 6.54 Å². The summed E-state index contributed by atoms with van der Waals surface area (Å²) < 4.78 is 0. The fourth-order valence-corrected chi connectivity index (χ4v) is 2.18. The van der Waals surface area contributed by atoms with Crippen LogP contribution in [0.3, 0.4) is 0 Å². The number of hydrogen-bond donors (Lipinski definition) is 1. The summed E-state index contributed by atoms with van der Waals surface area (Å²) in [5.41, 5.74) is 0. The van der Waals surface area contributed by atoms with Crippen molar-refractivity contribution < 1.29 is 4.79 Å². The summed E-state index contributed by atoms with van der Waals surface area (Å²) in [6.45, 7) is 7.47. The van der Waals surface area contributed by atoms with Crippen LogP contribution in [0.15, 0.2) is 0 Å². The van der Waals surface area contributed by atoms with E-state index in [4.69, 9.17) is 0 Å². The molecule has 0 aromatic heterocycles. The zero-order valence-corrected chi connectivity index (χ0v) is 13.5. The van der Waals surface area contributed by atoms with Crippen LogP contribution in [0.5, 0.6) is 0 Å². The molecule has 0 saturated carbocycles. The summed E-state index contributed by atoms with van der Waals surface area (Å²) in [6.07, 6.45) is 13.6. The second-order valence-electron chi connectivity index (χ2n) is 6.11. The second-order valence-corrected chi connectivity index (χ2v) is 6.11. The van der Waals surface area contributed by atoms with Crippen molar-refractivity contribution in [2.24, 2.45) is 5.92 Å². The van der Waals surface area contributed by atoms with Crippen molar-refractivity contribution in [1.82, 2.24) is 5.32 Å². The van der Waals surface area contributed by atoms with Crippen LogP contribution < -0.4 is 5.32 Å². The fourth-order valence-electron chi connectivity index (χ4n) is 2.18. The molecule has 0 rings (SSSR count). The Morgan fingerprint density at radius 2 is 1.42 bits per heavy atom. The van der Waals surface area contributed by atoms with Gasteiger partial charge in [0, 0.05) is 13.0 Å². The van der Waals surface area contributed by atoms with E-state index in [1.165, 1.54) is 51.4 Å². The minimum absolute atomic E-state index is 0.239. The maximum Gasteiger partial charge on any atom is 0.219 e. The standard InChI is InChI=1S/C17H35NO/c1-4-5-6-7-8-9-10-11-12-13-17(19)18-15-14-16(2)3/h16H,4-15H2,1-3H3,(H,18,19). The topological polar surface area (TPSA) is 29.1 Å². The predicted octanol–water partition coefficient (Wildman–Crippen LogP) is 5.07. The van der Waals surface area contributed by atoms with Gasteiger partial charge in [0.15, 0.2) is 0 Å².